The maximum Gasteiger partial charge on any atom is 0.358 e. The Kier molecular flexibility index (Phi) is 5.54. The fourth-order valence-electron chi connectivity index (χ4n) is 1.85. The molecule has 0 aliphatic carbocycles. The van der Waals surface area contributed by atoms with Crippen LogP contribution >= 0.6 is 0 Å². The molecule has 0 bridgehead atoms. The molecule has 1 heterocycles. The topological polar surface area (TPSA) is 64.4 Å². The first-order valence-corrected chi connectivity index (χ1v) is 6.83. The zero-order valence-corrected chi connectivity index (χ0v) is 12.3. The number of ether oxygens (including phenoxy) is 1. The molecule has 1 N–H and O–H groups in total. The first-order chi connectivity index (χ1) is 8.87. The second-order valence-corrected chi connectivity index (χ2v) is 5.31. The summed E-state index contributed by atoms with van der Waals surface area (Å²) in [4.78, 5) is 11.7. The van der Waals surface area contributed by atoms with Crippen molar-refractivity contribution in [1.82, 2.24) is 9.78 Å². The van der Waals surface area contributed by atoms with E-state index in [9.17, 15) is 9.90 Å². The van der Waals surface area contributed by atoms with Gasteiger partial charge in [-0.05, 0) is 33.3 Å². The van der Waals surface area contributed by atoms with E-state index in [1.54, 1.807) is 31.5 Å². The largest absolute Gasteiger partial charge is 0.461 e. The standard InChI is InChI=1S/C14H24N2O3/c1-5-7-8-16-11(10-14(3,4)18)9-12(15-16)13(17)19-6-2/h9,18H,5-8,10H2,1-4H3. The van der Waals surface area contributed by atoms with Crippen LogP contribution in [0.15, 0.2) is 6.07 Å². The maximum atomic E-state index is 11.7. The van der Waals surface area contributed by atoms with Gasteiger partial charge in [-0.25, -0.2) is 4.79 Å². The lowest BCUT2D eigenvalue weighted by Gasteiger charge is -2.17. The summed E-state index contributed by atoms with van der Waals surface area (Å²) in [7, 11) is 0. The van der Waals surface area contributed by atoms with Crippen LogP contribution in [-0.4, -0.2) is 33.1 Å². The van der Waals surface area contributed by atoms with Crippen LogP contribution in [0.25, 0.3) is 0 Å². The van der Waals surface area contributed by atoms with E-state index in [4.69, 9.17) is 4.74 Å². The van der Waals surface area contributed by atoms with E-state index in [2.05, 4.69) is 12.0 Å². The number of aromatic nitrogens is 2. The lowest BCUT2D eigenvalue weighted by molar-refractivity contribution is 0.0518. The van der Waals surface area contributed by atoms with Gasteiger partial charge in [0.2, 0.25) is 0 Å². The molecule has 0 amide bonds. The van der Waals surface area contributed by atoms with Gasteiger partial charge in [0.25, 0.3) is 0 Å². The molecule has 108 valence electrons. The maximum absolute atomic E-state index is 11.7. The Morgan fingerprint density at radius 2 is 2.16 bits per heavy atom. The molecule has 0 fully saturated rings. The molecule has 0 saturated carbocycles. The summed E-state index contributed by atoms with van der Waals surface area (Å²) in [6.07, 6.45) is 2.50. The van der Waals surface area contributed by atoms with Crippen molar-refractivity contribution in [2.24, 2.45) is 0 Å². The number of hydrogen-bond acceptors (Lipinski definition) is 4. The van der Waals surface area contributed by atoms with Crippen molar-refractivity contribution in [1.29, 1.82) is 0 Å². The number of carbonyl (C=O) groups excluding carboxylic acids is 1. The Morgan fingerprint density at radius 3 is 2.68 bits per heavy atom. The van der Waals surface area contributed by atoms with Crippen molar-refractivity contribution >= 4 is 5.97 Å². The van der Waals surface area contributed by atoms with E-state index in [0.29, 0.717) is 18.7 Å². The van der Waals surface area contributed by atoms with Gasteiger partial charge in [0.1, 0.15) is 0 Å². The Hall–Kier alpha value is -1.36. The third kappa shape index (κ3) is 5.03. The quantitative estimate of drug-likeness (QED) is 0.770. The highest BCUT2D eigenvalue weighted by Gasteiger charge is 2.20. The molecule has 0 unspecified atom stereocenters. The van der Waals surface area contributed by atoms with Crippen molar-refractivity contribution < 1.29 is 14.6 Å². The van der Waals surface area contributed by atoms with Gasteiger partial charge in [0.05, 0.1) is 12.2 Å². The molecule has 1 rings (SSSR count). The van der Waals surface area contributed by atoms with Crippen molar-refractivity contribution in [2.75, 3.05) is 6.61 Å². The van der Waals surface area contributed by atoms with Gasteiger partial charge in [-0.15, -0.1) is 0 Å². The van der Waals surface area contributed by atoms with E-state index >= 15 is 0 Å². The summed E-state index contributed by atoms with van der Waals surface area (Å²) in [5.74, 6) is -0.408. The Morgan fingerprint density at radius 1 is 1.47 bits per heavy atom. The number of esters is 1. The smallest absolute Gasteiger partial charge is 0.358 e. The molecule has 0 radical (unpaired) electrons. The number of aryl methyl sites for hydroxylation is 1. The lowest BCUT2D eigenvalue weighted by atomic mass is 10.0. The third-order valence-electron chi connectivity index (χ3n) is 2.69. The zero-order chi connectivity index (χ0) is 14.5. The number of hydrogen-bond donors (Lipinski definition) is 1. The fourth-order valence-corrected chi connectivity index (χ4v) is 1.85. The van der Waals surface area contributed by atoms with Gasteiger partial charge in [-0.1, -0.05) is 13.3 Å². The fraction of sp³-hybridized carbons (Fsp3) is 0.714. The predicted molar refractivity (Wildman–Crippen MR) is 73.1 cm³/mol. The summed E-state index contributed by atoms with van der Waals surface area (Å²) < 4.78 is 6.75. The number of nitrogens with zero attached hydrogens (tertiary/aromatic N) is 2. The predicted octanol–water partition coefficient (Wildman–Crippen LogP) is 2.17. The van der Waals surface area contributed by atoms with Crippen LogP contribution in [-0.2, 0) is 17.7 Å². The molecular weight excluding hydrogens is 244 g/mol. The van der Waals surface area contributed by atoms with Crippen LogP contribution in [0.4, 0.5) is 0 Å². The van der Waals surface area contributed by atoms with E-state index in [0.717, 1.165) is 25.1 Å². The normalized spacial score (nSPS) is 11.6. The van der Waals surface area contributed by atoms with Gasteiger partial charge in [0, 0.05) is 18.7 Å². The van der Waals surface area contributed by atoms with Crippen LogP contribution < -0.4 is 0 Å². The highest BCUT2D eigenvalue weighted by atomic mass is 16.5. The highest BCUT2D eigenvalue weighted by molar-refractivity contribution is 5.87. The van der Waals surface area contributed by atoms with Gasteiger partial charge in [-0.3, -0.25) is 4.68 Å². The lowest BCUT2D eigenvalue weighted by Crippen LogP contribution is -2.24. The van der Waals surface area contributed by atoms with Crippen LogP contribution in [0, 0.1) is 0 Å². The van der Waals surface area contributed by atoms with Crippen LogP contribution in [0.1, 0.15) is 56.7 Å². The number of unbranched alkanes of at least 4 members (excludes halogenated alkanes) is 1. The number of carbonyl (C=O) groups is 1. The van der Waals surface area contributed by atoms with Gasteiger partial charge < -0.3 is 9.84 Å². The summed E-state index contributed by atoms with van der Waals surface area (Å²) >= 11 is 0. The van der Waals surface area contributed by atoms with Gasteiger partial charge >= 0.3 is 5.97 Å². The van der Waals surface area contributed by atoms with Gasteiger partial charge in [-0.2, -0.15) is 5.10 Å². The average Bonchev–Trinajstić information content (AvgIpc) is 2.67. The van der Waals surface area contributed by atoms with E-state index in [1.807, 2.05) is 0 Å². The van der Waals surface area contributed by atoms with Crippen LogP contribution in [0.3, 0.4) is 0 Å². The van der Waals surface area contributed by atoms with E-state index in [-0.39, 0.29) is 0 Å². The average molecular weight is 268 g/mol. The molecule has 5 nitrogen and oxygen atoms in total. The molecule has 1 aromatic heterocycles. The number of rotatable bonds is 7. The molecule has 1 aromatic rings. The van der Waals surface area contributed by atoms with E-state index < -0.39 is 11.6 Å². The van der Waals surface area contributed by atoms with Crippen LogP contribution in [0.2, 0.25) is 0 Å². The number of aliphatic hydroxyl groups is 1. The van der Waals surface area contributed by atoms with Crippen molar-refractivity contribution in [3.05, 3.63) is 17.5 Å². The first kappa shape index (κ1) is 15.7. The zero-order valence-electron chi connectivity index (χ0n) is 12.3. The summed E-state index contributed by atoms with van der Waals surface area (Å²) in [5.41, 5.74) is 0.358. The Labute approximate surface area is 114 Å². The molecule has 0 spiro atoms. The van der Waals surface area contributed by atoms with Crippen LogP contribution in [0.5, 0.6) is 0 Å². The molecule has 19 heavy (non-hydrogen) atoms. The van der Waals surface area contributed by atoms with Gasteiger partial charge in [0.15, 0.2) is 5.69 Å². The van der Waals surface area contributed by atoms with Crippen molar-refractivity contribution in [3.63, 3.8) is 0 Å². The first-order valence-electron chi connectivity index (χ1n) is 6.83. The molecule has 0 aliphatic heterocycles. The third-order valence-corrected chi connectivity index (χ3v) is 2.69. The summed E-state index contributed by atoms with van der Waals surface area (Å²) in [6, 6.07) is 1.71. The monoisotopic (exact) mass is 268 g/mol. The minimum Gasteiger partial charge on any atom is -0.461 e. The minimum atomic E-state index is -0.823. The second kappa shape index (κ2) is 6.70. The van der Waals surface area contributed by atoms with Crippen molar-refractivity contribution in [2.45, 2.75) is 59.1 Å². The summed E-state index contributed by atoms with van der Waals surface area (Å²) in [6.45, 7) is 8.44. The Balaban J connectivity index is 2.94. The molecular formula is C14H24N2O3. The van der Waals surface area contributed by atoms with E-state index in [1.165, 1.54) is 0 Å². The van der Waals surface area contributed by atoms with Crippen molar-refractivity contribution in [3.8, 4) is 0 Å². The minimum absolute atomic E-state index is 0.317. The molecule has 0 aliphatic rings. The molecule has 0 atom stereocenters. The Bertz CT molecular complexity index is 419. The molecule has 0 saturated heterocycles. The summed E-state index contributed by atoms with van der Waals surface area (Å²) in [5, 5.41) is 14.2. The SMILES string of the molecule is CCCCn1nc(C(=O)OCC)cc1CC(C)(C)O. The molecule has 5 heteroatoms. The molecule has 0 aromatic carbocycles. The second-order valence-electron chi connectivity index (χ2n) is 5.31. The highest BCUT2D eigenvalue weighted by Crippen LogP contribution is 2.15.